The number of unbranched alkanes of at least 4 members (excludes halogenated alkanes) is 1. The van der Waals surface area contributed by atoms with Gasteiger partial charge in [-0.2, -0.15) is 0 Å². The van der Waals surface area contributed by atoms with Crippen LogP contribution in [0.1, 0.15) is 85.3 Å². The van der Waals surface area contributed by atoms with Crippen LogP contribution in [0, 0.1) is 5.92 Å². The zero-order valence-electron chi connectivity index (χ0n) is 24.9. The molecule has 0 aromatic heterocycles. The van der Waals surface area contributed by atoms with Crippen LogP contribution in [0.5, 0.6) is 5.75 Å². The Bertz CT molecular complexity index is 1460. The zero-order valence-corrected chi connectivity index (χ0v) is 26.5. The van der Waals surface area contributed by atoms with E-state index >= 15 is 0 Å². The molecule has 1 N–H and O–H groups in total. The number of nitrogens with one attached hydrogen (secondary N) is 1. The first kappa shape index (κ1) is 29.7. The highest BCUT2D eigenvalue weighted by atomic mass is 79.9. The van der Waals surface area contributed by atoms with Gasteiger partial charge in [-0.05, 0) is 95.3 Å². The highest BCUT2D eigenvalue weighted by Crippen LogP contribution is 2.58. The minimum Gasteiger partial charge on any atom is -0.491 e. The monoisotopic (exact) mass is 644 g/mol. The number of anilines is 2. The minimum atomic E-state index is -0.215. The van der Waals surface area contributed by atoms with Gasteiger partial charge >= 0.3 is 6.09 Å². The summed E-state index contributed by atoms with van der Waals surface area (Å²) >= 11 is 4.03. The average Bonchev–Trinajstić information content (AvgIpc) is 3.17. The molecule has 1 saturated carbocycles. The van der Waals surface area contributed by atoms with Gasteiger partial charge in [-0.1, -0.05) is 68.7 Å². The predicted octanol–water partition coefficient (Wildman–Crippen LogP) is 8.97. The number of ether oxygens (including phenoxy) is 2. The van der Waals surface area contributed by atoms with Crippen molar-refractivity contribution in [3.63, 3.8) is 0 Å². The first-order valence-electron chi connectivity index (χ1n) is 15.8. The van der Waals surface area contributed by atoms with Gasteiger partial charge in [0.1, 0.15) is 12.4 Å². The maximum absolute atomic E-state index is 13.7. The largest absolute Gasteiger partial charge is 0.491 e. The summed E-state index contributed by atoms with van der Waals surface area (Å²) in [5.41, 5.74) is 5.78. The molecule has 6 nitrogen and oxygen atoms in total. The summed E-state index contributed by atoms with van der Waals surface area (Å²) in [7, 11) is 0. The van der Waals surface area contributed by atoms with E-state index in [-0.39, 0.29) is 24.2 Å². The zero-order chi connectivity index (χ0) is 29.8. The fourth-order valence-electron chi connectivity index (χ4n) is 7.76. The van der Waals surface area contributed by atoms with E-state index in [9.17, 15) is 9.59 Å². The third-order valence-electron chi connectivity index (χ3n) is 9.81. The molecular weight excluding hydrogens is 604 g/mol. The molecule has 2 aliphatic carbocycles. The minimum absolute atomic E-state index is 0.00438. The van der Waals surface area contributed by atoms with Crippen LogP contribution < -0.4 is 10.1 Å². The van der Waals surface area contributed by atoms with Gasteiger partial charge in [0.05, 0.1) is 12.3 Å². The van der Waals surface area contributed by atoms with Gasteiger partial charge in [-0.3, -0.25) is 4.79 Å². The van der Waals surface area contributed by atoms with E-state index in [1.807, 2.05) is 59.5 Å². The number of hydrogen-bond acceptors (Lipinski definition) is 5. The number of benzene rings is 3. The molecule has 2 fully saturated rings. The van der Waals surface area contributed by atoms with Gasteiger partial charge < -0.3 is 19.7 Å². The van der Waals surface area contributed by atoms with Gasteiger partial charge in [-0.25, -0.2) is 4.79 Å². The van der Waals surface area contributed by atoms with Crippen LogP contribution in [0.25, 0.3) is 0 Å². The molecule has 226 valence electrons. The molecule has 43 heavy (non-hydrogen) atoms. The molecule has 1 amide bonds. The molecule has 1 heterocycles. The van der Waals surface area contributed by atoms with Crippen molar-refractivity contribution in [1.82, 2.24) is 4.90 Å². The summed E-state index contributed by atoms with van der Waals surface area (Å²) in [5, 5.41) is 3.55. The highest BCUT2D eigenvalue weighted by Gasteiger charge is 2.54. The highest BCUT2D eigenvalue weighted by molar-refractivity contribution is 9.10. The third kappa shape index (κ3) is 5.81. The van der Waals surface area contributed by atoms with Crippen molar-refractivity contribution >= 4 is 39.7 Å². The molecule has 1 aliphatic heterocycles. The number of rotatable bonds is 9. The third-order valence-corrected chi connectivity index (χ3v) is 10.7. The van der Waals surface area contributed by atoms with Gasteiger partial charge in [-0.15, -0.1) is 0 Å². The number of para-hydroxylation sites is 1. The Balaban J connectivity index is 1.40. The number of carbonyl (C=O) groups excluding carboxylic acids is 2. The lowest BCUT2D eigenvalue weighted by Crippen LogP contribution is -2.54. The van der Waals surface area contributed by atoms with Gasteiger partial charge in [0.25, 0.3) is 0 Å². The SMILES string of the molecule is CCCCOc1cc2c(c(Br)c1Nc1ccccc1C=O)C[C@H]1C3CCCC[C@@]23CCCN1C(=O)OCc1ccccc1. The molecule has 0 radical (unpaired) electrons. The van der Waals surface area contributed by atoms with Crippen molar-refractivity contribution in [3.8, 4) is 5.75 Å². The number of nitrogens with zero attached hydrogens (tertiary/aromatic N) is 1. The van der Waals surface area contributed by atoms with Crippen LogP contribution in [0.2, 0.25) is 0 Å². The molecule has 1 unspecified atom stereocenters. The first-order valence-corrected chi connectivity index (χ1v) is 16.6. The fraction of sp³-hybridized carbons (Fsp3) is 0.444. The Kier molecular flexibility index (Phi) is 9.08. The summed E-state index contributed by atoms with van der Waals surface area (Å²) in [6.07, 6.45) is 10.0. The van der Waals surface area contributed by atoms with E-state index in [4.69, 9.17) is 9.47 Å². The molecular formula is C36H41BrN2O4. The summed E-state index contributed by atoms with van der Waals surface area (Å²) in [4.78, 5) is 27.6. The molecule has 2 bridgehead atoms. The van der Waals surface area contributed by atoms with Crippen LogP contribution in [-0.4, -0.2) is 36.5 Å². The van der Waals surface area contributed by atoms with Crippen molar-refractivity contribution in [2.24, 2.45) is 5.92 Å². The molecule has 3 atom stereocenters. The molecule has 3 aliphatic rings. The number of halogens is 1. The molecule has 3 aromatic carbocycles. The molecule has 7 heteroatoms. The first-order chi connectivity index (χ1) is 21.1. The van der Waals surface area contributed by atoms with E-state index in [1.54, 1.807) is 0 Å². The normalized spacial score (nSPS) is 22.5. The number of aldehydes is 1. The summed E-state index contributed by atoms with van der Waals surface area (Å²) in [6.45, 7) is 3.78. The van der Waals surface area contributed by atoms with Crippen LogP contribution in [0.3, 0.4) is 0 Å². The second kappa shape index (κ2) is 13.1. The predicted molar refractivity (Wildman–Crippen MR) is 173 cm³/mol. The molecule has 6 rings (SSSR count). The van der Waals surface area contributed by atoms with Gasteiger partial charge in [0.15, 0.2) is 6.29 Å². The Hall–Kier alpha value is -3.32. The number of fused-ring (bicyclic) bond motifs is 1. The molecule has 3 aromatic rings. The summed E-state index contributed by atoms with van der Waals surface area (Å²) < 4.78 is 13.4. The lowest BCUT2D eigenvalue weighted by molar-refractivity contribution is 0.0440. The standard InChI is InChI=1S/C36H41BrN2O4/c1-2-3-20-42-32-22-29-27(33(37)34(32)38-30-16-8-7-14-26(30)23-40)21-31-28-15-9-10-17-36(28,29)18-11-19-39(31)35(41)43-24-25-12-5-4-6-13-25/h4-8,12-14,16,22-23,28,31,38H,2-3,9-11,15,17-21,24H2,1H3/t28?,31-,36-/m0/s1. The molecule has 1 saturated heterocycles. The second-order valence-electron chi connectivity index (χ2n) is 12.2. The topological polar surface area (TPSA) is 67.9 Å². The van der Waals surface area contributed by atoms with Crippen molar-refractivity contribution < 1.29 is 19.1 Å². The van der Waals surface area contributed by atoms with E-state index in [2.05, 4.69) is 34.2 Å². The van der Waals surface area contributed by atoms with Crippen molar-refractivity contribution in [2.45, 2.75) is 82.8 Å². The maximum Gasteiger partial charge on any atom is 0.410 e. The maximum atomic E-state index is 13.7. The fourth-order valence-corrected chi connectivity index (χ4v) is 8.43. The van der Waals surface area contributed by atoms with Gasteiger partial charge in [0, 0.05) is 33.7 Å². The van der Waals surface area contributed by atoms with Crippen LogP contribution in [0.15, 0.2) is 65.1 Å². The Morgan fingerprint density at radius 3 is 2.70 bits per heavy atom. The quantitative estimate of drug-likeness (QED) is 0.186. The number of carbonyl (C=O) groups is 2. The lowest BCUT2D eigenvalue weighted by Gasteiger charge is -2.53. The van der Waals surface area contributed by atoms with E-state index < -0.39 is 0 Å². The van der Waals surface area contributed by atoms with Crippen molar-refractivity contribution in [2.75, 3.05) is 18.5 Å². The van der Waals surface area contributed by atoms with E-state index in [0.717, 1.165) is 78.4 Å². The molecule has 0 spiro atoms. The Labute approximate surface area is 263 Å². The average molecular weight is 646 g/mol. The van der Waals surface area contributed by atoms with Crippen molar-refractivity contribution in [3.05, 3.63) is 87.4 Å². The Morgan fingerprint density at radius 1 is 1.09 bits per heavy atom. The lowest BCUT2D eigenvalue weighted by atomic mass is 9.54. The van der Waals surface area contributed by atoms with E-state index in [1.165, 1.54) is 24.0 Å². The second-order valence-corrected chi connectivity index (χ2v) is 13.0. The number of likely N-dealkylation sites (tertiary alicyclic amines) is 1. The summed E-state index contributed by atoms with van der Waals surface area (Å²) in [5.74, 6) is 1.20. The smallest absolute Gasteiger partial charge is 0.410 e. The number of hydrogen-bond donors (Lipinski definition) is 1. The van der Waals surface area contributed by atoms with Crippen LogP contribution >= 0.6 is 15.9 Å². The Morgan fingerprint density at radius 2 is 1.88 bits per heavy atom. The number of amides is 1. The summed E-state index contributed by atoms with van der Waals surface area (Å²) in [6, 6.07) is 19.8. The van der Waals surface area contributed by atoms with Crippen LogP contribution in [0.4, 0.5) is 16.2 Å². The van der Waals surface area contributed by atoms with E-state index in [0.29, 0.717) is 24.6 Å². The van der Waals surface area contributed by atoms with Crippen molar-refractivity contribution in [1.29, 1.82) is 0 Å². The van der Waals surface area contributed by atoms with Crippen LogP contribution in [-0.2, 0) is 23.2 Å². The van der Waals surface area contributed by atoms with Gasteiger partial charge in [0.2, 0.25) is 0 Å².